The Hall–Kier alpha value is -2.09. The molecule has 4 rings (SSSR count). The van der Waals surface area contributed by atoms with E-state index in [9.17, 15) is 4.79 Å². The van der Waals surface area contributed by atoms with Gasteiger partial charge in [-0.1, -0.05) is 0 Å². The summed E-state index contributed by atoms with van der Waals surface area (Å²) in [6.45, 7) is 4.25. The third-order valence-electron chi connectivity index (χ3n) is 6.26. The number of amides is 1. The maximum atomic E-state index is 12.4. The highest BCUT2D eigenvalue weighted by atomic mass is 16.5. The van der Waals surface area contributed by atoms with Crippen molar-refractivity contribution in [2.75, 3.05) is 50.5 Å². The minimum Gasteiger partial charge on any atom is -0.481 e. The second-order valence-corrected chi connectivity index (χ2v) is 8.02. The van der Waals surface area contributed by atoms with E-state index in [-0.39, 0.29) is 23.4 Å². The number of carbonyl (C=O) groups is 1. The number of nitrogen functional groups attached to an aromatic ring is 1. The number of hydrogen-bond donors (Lipinski definition) is 1. The lowest BCUT2D eigenvalue weighted by atomic mass is 9.72. The quantitative estimate of drug-likeness (QED) is 0.851. The number of carbonyl (C=O) groups excluding carboxylic acids is 1. The number of likely N-dealkylation sites (tertiary alicyclic amines) is 1. The molecule has 1 amide bonds. The molecule has 4 heterocycles. The number of aromatic nitrogens is 2. The maximum Gasteiger partial charge on any atom is 0.225 e. The Morgan fingerprint density at radius 2 is 2.15 bits per heavy atom. The Morgan fingerprint density at radius 1 is 1.33 bits per heavy atom. The van der Waals surface area contributed by atoms with E-state index in [1.165, 1.54) is 0 Å². The van der Waals surface area contributed by atoms with Crippen LogP contribution in [0.15, 0.2) is 6.07 Å². The molecule has 1 spiro atoms. The Kier molecular flexibility index (Phi) is 5.08. The lowest BCUT2D eigenvalue weighted by Gasteiger charge is -2.48. The van der Waals surface area contributed by atoms with E-state index in [4.69, 9.17) is 15.2 Å². The molecule has 1 atom stereocenters. The summed E-state index contributed by atoms with van der Waals surface area (Å²) in [5.41, 5.74) is 6.02. The van der Waals surface area contributed by atoms with Gasteiger partial charge in [-0.15, -0.1) is 0 Å². The van der Waals surface area contributed by atoms with Gasteiger partial charge in [-0.05, 0) is 37.5 Å². The fraction of sp³-hybridized carbons (Fsp3) is 0.737. The molecule has 0 unspecified atom stereocenters. The first-order chi connectivity index (χ1) is 13.1. The number of ether oxygens (including phenoxy) is 2. The van der Waals surface area contributed by atoms with Gasteiger partial charge in [0, 0.05) is 45.3 Å². The average molecular weight is 375 g/mol. The van der Waals surface area contributed by atoms with Crippen LogP contribution in [0.2, 0.25) is 0 Å². The monoisotopic (exact) mass is 375 g/mol. The van der Waals surface area contributed by atoms with Gasteiger partial charge in [-0.3, -0.25) is 4.79 Å². The second-order valence-electron chi connectivity index (χ2n) is 8.02. The molecule has 1 aromatic heterocycles. The summed E-state index contributed by atoms with van der Waals surface area (Å²) in [6.07, 6.45) is 6.14. The average Bonchev–Trinajstić information content (AvgIpc) is 3.18. The molecule has 0 radical (unpaired) electrons. The van der Waals surface area contributed by atoms with Gasteiger partial charge >= 0.3 is 0 Å². The summed E-state index contributed by atoms with van der Waals surface area (Å²) in [6, 6.07) is 1.84. The normalized spacial score (nSPS) is 25.2. The minimum atomic E-state index is 0.214. The fourth-order valence-corrected chi connectivity index (χ4v) is 4.62. The van der Waals surface area contributed by atoms with Gasteiger partial charge in [-0.25, -0.2) is 0 Å². The molecule has 0 saturated carbocycles. The van der Waals surface area contributed by atoms with Gasteiger partial charge < -0.3 is 25.0 Å². The van der Waals surface area contributed by atoms with Crippen molar-refractivity contribution in [2.45, 2.75) is 44.6 Å². The number of nitrogens with two attached hydrogens (primary N) is 1. The Labute approximate surface area is 160 Å². The van der Waals surface area contributed by atoms with Crippen molar-refractivity contribution < 1.29 is 14.3 Å². The predicted octanol–water partition coefficient (Wildman–Crippen LogP) is 1.46. The van der Waals surface area contributed by atoms with Crippen molar-refractivity contribution in [3.05, 3.63) is 6.07 Å². The van der Waals surface area contributed by atoms with Crippen molar-refractivity contribution in [3.8, 4) is 5.88 Å². The third kappa shape index (κ3) is 3.95. The molecule has 148 valence electrons. The van der Waals surface area contributed by atoms with E-state index in [0.717, 1.165) is 70.7 Å². The molecule has 3 aliphatic rings. The van der Waals surface area contributed by atoms with E-state index >= 15 is 0 Å². The van der Waals surface area contributed by atoms with Gasteiger partial charge in [0.15, 0.2) is 0 Å². The standard InChI is InChI=1S/C19H29N5O3/c1-26-16-11-15(21-18(20)22-16)23-8-6-19(7-9-23)5-4-17(25)24(13-19)12-14-3-2-10-27-14/h11,14H,2-10,12-13H2,1H3,(H2,20,21,22)/t14-/m1/s1. The van der Waals surface area contributed by atoms with Crippen LogP contribution in [0.5, 0.6) is 5.88 Å². The summed E-state index contributed by atoms with van der Waals surface area (Å²) >= 11 is 0. The second kappa shape index (κ2) is 7.50. The molecule has 0 aromatic carbocycles. The van der Waals surface area contributed by atoms with Gasteiger partial charge in [0.05, 0.1) is 13.2 Å². The molecule has 1 aromatic rings. The topological polar surface area (TPSA) is 93.8 Å². The summed E-state index contributed by atoms with van der Waals surface area (Å²) in [5.74, 6) is 1.82. The maximum absolute atomic E-state index is 12.4. The molecular formula is C19H29N5O3. The van der Waals surface area contributed by atoms with Gasteiger partial charge in [0.25, 0.3) is 0 Å². The highest BCUT2D eigenvalue weighted by Crippen LogP contribution is 2.41. The molecule has 0 aliphatic carbocycles. The first-order valence-electron chi connectivity index (χ1n) is 9.90. The van der Waals surface area contributed by atoms with E-state index in [1.54, 1.807) is 7.11 Å². The number of methoxy groups -OCH3 is 1. The molecule has 0 bridgehead atoms. The van der Waals surface area contributed by atoms with Crippen LogP contribution in [0.3, 0.4) is 0 Å². The van der Waals surface area contributed by atoms with Crippen LogP contribution in [0.25, 0.3) is 0 Å². The van der Waals surface area contributed by atoms with Crippen LogP contribution in [-0.2, 0) is 9.53 Å². The number of anilines is 2. The van der Waals surface area contributed by atoms with E-state index in [1.807, 2.05) is 6.07 Å². The lowest BCUT2D eigenvalue weighted by Crippen LogP contribution is -2.53. The van der Waals surface area contributed by atoms with Crippen molar-refractivity contribution in [2.24, 2.45) is 5.41 Å². The smallest absolute Gasteiger partial charge is 0.225 e. The van der Waals surface area contributed by atoms with Crippen molar-refractivity contribution in [3.63, 3.8) is 0 Å². The number of nitrogens with zero attached hydrogens (tertiary/aromatic N) is 4. The van der Waals surface area contributed by atoms with Gasteiger partial charge in [0.1, 0.15) is 5.82 Å². The molecule has 2 N–H and O–H groups in total. The van der Waals surface area contributed by atoms with E-state index in [0.29, 0.717) is 12.3 Å². The van der Waals surface area contributed by atoms with Crippen LogP contribution < -0.4 is 15.4 Å². The minimum absolute atomic E-state index is 0.214. The number of piperidine rings is 2. The Balaban J connectivity index is 1.40. The first-order valence-corrected chi connectivity index (χ1v) is 9.90. The van der Waals surface area contributed by atoms with Crippen molar-refractivity contribution >= 4 is 17.7 Å². The third-order valence-corrected chi connectivity index (χ3v) is 6.26. The van der Waals surface area contributed by atoms with Crippen molar-refractivity contribution in [1.82, 2.24) is 14.9 Å². The zero-order chi connectivity index (χ0) is 18.9. The largest absolute Gasteiger partial charge is 0.481 e. The molecule has 27 heavy (non-hydrogen) atoms. The van der Waals surface area contributed by atoms with Crippen LogP contribution >= 0.6 is 0 Å². The van der Waals surface area contributed by atoms with E-state index in [2.05, 4.69) is 19.8 Å². The van der Waals surface area contributed by atoms with Crippen LogP contribution in [0.4, 0.5) is 11.8 Å². The Bertz CT molecular complexity index is 684. The Morgan fingerprint density at radius 3 is 2.85 bits per heavy atom. The highest BCUT2D eigenvalue weighted by Gasteiger charge is 2.42. The first kappa shape index (κ1) is 18.3. The zero-order valence-electron chi connectivity index (χ0n) is 16.0. The van der Waals surface area contributed by atoms with Crippen LogP contribution in [-0.4, -0.2) is 66.8 Å². The molecule has 3 fully saturated rings. The number of rotatable bonds is 4. The van der Waals surface area contributed by atoms with E-state index < -0.39 is 0 Å². The molecule has 8 heteroatoms. The SMILES string of the molecule is COc1cc(N2CCC3(CCC(=O)N(C[C@H]4CCCO4)C3)CC2)nc(N)n1. The summed E-state index contributed by atoms with van der Waals surface area (Å²) < 4.78 is 11.0. The van der Waals surface area contributed by atoms with Crippen LogP contribution in [0.1, 0.15) is 38.5 Å². The predicted molar refractivity (Wildman–Crippen MR) is 102 cm³/mol. The van der Waals surface area contributed by atoms with Gasteiger partial charge in [0.2, 0.25) is 17.7 Å². The van der Waals surface area contributed by atoms with Crippen LogP contribution in [0, 0.1) is 5.41 Å². The molecule has 3 aliphatic heterocycles. The summed E-state index contributed by atoms with van der Waals surface area (Å²) in [4.78, 5) is 25.1. The molecule has 3 saturated heterocycles. The summed E-state index contributed by atoms with van der Waals surface area (Å²) in [7, 11) is 1.58. The lowest BCUT2D eigenvalue weighted by molar-refractivity contribution is -0.140. The molecule has 8 nitrogen and oxygen atoms in total. The summed E-state index contributed by atoms with van der Waals surface area (Å²) in [5, 5.41) is 0. The fourth-order valence-electron chi connectivity index (χ4n) is 4.62. The number of hydrogen-bond acceptors (Lipinski definition) is 7. The van der Waals surface area contributed by atoms with Crippen molar-refractivity contribution in [1.29, 1.82) is 0 Å². The van der Waals surface area contributed by atoms with Gasteiger partial charge in [-0.2, -0.15) is 9.97 Å². The molecular weight excluding hydrogens is 346 g/mol. The zero-order valence-corrected chi connectivity index (χ0v) is 16.0. The highest BCUT2D eigenvalue weighted by molar-refractivity contribution is 5.77.